The minimum Gasteiger partial charge on any atom is -0.394 e. The molecule has 0 aromatic rings. The largest absolute Gasteiger partial charge is 0.394 e. The summed E-state index contributed by atoms with van der Waals surface area (Å²) in [5, 5.41) is 40.0. The lowest BCUT2D eigenvalue weighted by atomic mass is 9.97. The highest BCUT2D eigenvalue weighted by molar-refractivity contribution is 5.61. The minimum atomic E-state index is -0.987. The monoisotopic (exact) mass is 478 g/mol. The molecule has 0 aromatic heterocycles. The van der Waals surface area contributed by atoms with Crippen molar-refractivity contribution in [3.63, 3.8) is 0 Å². The first kappa shape index (κ1) is 28.2. The highest BCUT2D eigenvalue weighted by Gasteiger charge is 2.46. The summed E-state index contributed by atoms with van der Waals surface area (Å²) in [6.07, 6.45) is -1.07. The van der Waals surface area contributed by atoms with Gasteiger partial charge in [0.05, 0.1) is 13.2 Å². The third-order valence-electron chi connectivity index (χ3n) is 5.87. The highest BCUT2D eigenvalue weighted by Crippen LogP contribution is 2.27. The van der Waals surface area contributed by atoms with Gasteiger partial charge in [-0.25, -0.2) is 0 Å². The lowest BCUT2D eigenvalue weighted by molar-refractivity contribution is -0.262. The van der Waals surface area contributed by atoms with Crippen molar-refractivity contribution < 1.29 is 48.8 Å². The topological polar surface area (TPSA) is 161 Å². The maximum atomic E-state index is 10.6. The minimum absolute atomic E-state index is 0.304. The van der Waals surface area contributed by atoms with Crippen molar-refractivity contribution in [2.45, 2.75) is 80.5 Å². The average Bonchev–Trinajstić information content (AvgIpc) is 2.83. The quantitative estimate of drug-likeness (QED) is 0.192. The molecule has 10 atom stereocenters. The molecule has 2 aliphatic heterocycles. The molecule has 2 fully saturated rings. The van der Waals surface area contributed by atoms with Crippen LogP contribution in [0.4, 0.5) is 0 Å². The SMILES string of the molecule is COC1OC(CO)C(OC)C(O)C1N=CCCCC=NC1C(OC)OC(CO)C(OC)C1O. The standard InChI is InChI=1S/C21H38N2O10/c1-28-18-12(10-24)32-20(30-3)14(16(18)26)22-8-6-5-7-9-23-15-17(27)19(29-2)13(11-25)33-21(15)31-4/h8-9,12-21,24-27H,5-7,10-11H2,1-4H3. The van der Waals surface area contributed by atoms with Crippen LogP contribution in [-0.2, 0) is 28.4 Å². The summed E-state index contributed by atoms with van der Waals surface area (Å²) in [5.41, 5.74) is 0. The molecular formula is C21H38N2O10. The molecule has 2 saturated heterocycles. The van der Waals surface area contributed by atoms with Gasteiger partial charge in [-0.2, -0.15) is 0 Å². The maximum absolute atomic E-state index is 10.6. The number of hydrogen-bond acceptors (Lipinski definition) is 12. The zero-order valence-electron chi connectivity index (χ0n) is 19.6. The van der Waals surface area contributed by atoms with Crippen molar-refractivity contribution in [3.05, 3.63) is 0 Å². The molecule has 2 heterocycles. The van der Waals surface area contributed by atoms with E-state index < -0.39 is 61.3 Å². The van der Waals surface area contributed by atoms with Gasteiger partial charge in [0.2, 0.25) is 0 Å². The Balaban J connectivity index is 1.86. The number of ether oxygens (including phenoxy) is 6. The number of aliphatic hydroxyl groups is 4. The molecule has 0 radical (unpaired) electrons. The second kappa shape index (κ2) is 14.4. The molecule has 12 heteroatoms. The van der Waals surface area contributed by atoms with Gasteiger partial charge in [0, 0.05) is 28.4 Å². The Labute approximate surface area is 194 Å². The Bertz CT molecular complexity index is 560. The van der Waals surface area contributed by atoms with Crippen molar-refractivity contribution in [3.8, 4) is 0 Å². The molecule has 33 heavy (non-hydrogen) atoms. The lowest BCUT2D eigenvalue weighted by Gasteiger charge is -2.41. The van der Waals surface area contributed by atoms with E-state index in [9.17, 15) is 20.4 Å². The van der Waals surface area contributed by atoms with Gasteiger partial charge in [-0.15, -0.1) is 0 Å². The summed E-state index contributed by atoms with van der Waals surface area (Å²) in [6.45, 7) is -0.608. The normalized spacial score (nSPS) is 40.1. The number of hydrogen-bond donors (Lipinski definition) is 4. The lowest BCUT2D eigenvalue weighted by Crippen LogP contribution is -2.59. The van der Waals surface area contributed by atoms with E-state index in [1.165, 1.54) is 28.4 Å². The van der Waals surface area contributed by atoms with E-state index in [1.54, 1.807) is 12.4 Å². The summed E-state index contributed by atoms with van der Waals surface area (Å²) in [4.78, 5) is 8.79. The average molecular weight is 479 g/mol. The van der Waals surface area contributed by atoms with E-state index in [2.05, 4.69) is 9.98 Å². The third kappa shape index (κ3) is 6.98. The molecule has 0 bridgehead atoms. The van der Waals surface area contributed by atoms with Crippen molar-refractivity contribution in [1.29, 1.82) is 0 Å². The van der Waals surface area contributed by atoms with Crippen LogP contribution < -0.4 is 0 Å². The number of nitrogens with zero attached hydrogens (tertiary/aromatic N) is 2. The third-order valence-corrected chi connectivity index (χ3v) is 5.87. The van der Waals surface area contributed by atoms with Crippen LogP contribution in [-0.4, -0.2) is 136 Å². The van der Waals surface area contributed by atoms with E-state index in [0.29, 0.717) is 12.8 Å². The summed E-state index contributed by atoms with van der Waals surface area (Å²) in [6, 6.07) is -1.36. The summed E-state index contributed by atoms with van der Waals surface area (Å²) in [5.74, 6) is 0. The molecule has 192 valence electrons. The number of unbranched alkanes of at least 4 members (excludes halogenated alkanes) is 2. The number of rotatable bonds is 12. The molecule has 0 saturated carbocycles. The van der Waals surface area contributed by atoms with Crippen LogP contribution in [0.2, 0.25) is 0 Å². The van der Waals surface area contributed by atoms with Crippen molar-refractivity contribution in [1.82, 2.24) is 0 Å². The van der Waals surface area contributed by atoms with Crippen LogP contribution in [0, 0.1) is 0 Å². The molecular weight excluding hydrogens is 440 g/mol. The molecule has 12 nitrogen and oxygen atoms in total. The number of aliphatic imine (C=N–C) groups is 2. The van der Waals surface area contributed by atoms with Crippen LogP contribution >= 0.6 is 0 Å². The Morgan fingerprint density at radius 2 is 1.09 bits per heavy atom. The zero-order chi connectivity index (χ0) is 24.4. The molecule has 10 unspecified atom stereocenters. The molecule has 4 N–H and O–H groups in total. The van der Waals surface area contributed by atoms with E-state index in [-0.39, 0.29) is 13.2 Å². The predicted molar refractivity (Wildman–Crippen MR) is 118 cm³/mol. The maximum Gasteiger partial charge on any atom is 0.182 e. The zero-order valence-corrected chi connectivity index (χ0v) is 19.6. The van der Waals surface area contributed by atoms with Gasteiger partial charge in [-0.05, 0) is 31.7 Å². The molecule has 0 spiro atoms. The first-order valence-electron chi connectivity index (χ1n) is 11.0. The van der Waals surface area contributed by atoms with Crippen LogP contribution in [0.15, 0.2) is 9.98 Å². The molecule has 0 aromatic carbocycles. The van der Waals surface area contributed by atoms with E-state index in [4.69, 9.17) is 28.4 Å². The Hall–Kier alpha value is -1.06. The van der Waals surface area contributed by atoms with Gasteiger partial charge < -0.3 is 48.8 Å². The highest BCUT2D eigenvalue weighted by atomic mass is 16.7. The van der Waals surface area contributed by atoms with Crippen LogP contribution in [0.1, 0.15) is 19.3 Å². The molecule has 2 aliphatic rings. The predicted octanol–water partition coefficient (Wildman–Crippen LogP) is -1.49. The fourth-order valence-corrected chi connectivity index (χ4v) is 4.09. The van der Waals surface area contributed by atoms with Crippen LogP contribution in [0.5, 0.6) is 0 Å². The van der Waals surface area contributed by atoms with Gasteiger partial charge in [-0.1, -0.05) is 0 Å². The van der Waals surface area contributed by atoms with Crippen LogP contribution in [0.25, 0.3) is 0 Å². The summed E-state index contributed by atoms with van der Waals surface area (Å²) < 4.78 is 32.3. The molecule has 2 rings (SSSR count). The Kier molecular flexibility index (Phi) is 12.3. The van der Waals surface area contributed by atoms with E-state index in [0.717, 1.165) is 6.42 Å². The number of methoxy groups -OCH3 is 4. The van der Waals surface area contributed by atoms with Gasteiger partial charge in [0.1, 0.15) is 48.7 Å². The van der Waals surface area contributed by atoms with Gasteiger partial charge in [-0.3, -0.25) is 9.98 Å². The van der Waals surface area contributed by atoms with Gasteiger partial charge in [0.15, 0.2) is 12.6 Å². The molecule has 0 aliphatic carbocycles. The summed E-state index contributed by atoms with van der Waals surface area (Å²) >= 11 is 0. The van der Waals surface area contributed by atoms with Gasteiger partial charge in [0.25, 0.3) is 0 Å². The second-order valence-electron chi connectivity index (χ2n) is 7.88. The first-order chi connectivity index (χ1) is 16.0. The van der Waals surface area contributed by atoms with Crippen LogP contribution in [0.3, 0.4) is 0 Å². The molecule has 0 amide bonds. The summed E-state index contributed by atoms with van der Waals surface area (Å²) in [7, 11) is 5.78. The van der Waals surface area contributed by atoms with Gasteiger partial charge >= 0.3 is 0 Å². The van der Waals surface area contributed by atoms with E-state index >= 15 is 0 Å². The van der Waals surface area contributed by atoms with Crippen molar-refractivity contribution in [2.75, 3.05) is 41.7 Å². The fourth-order valence-electron chi connectivity index (χ4n) is 4.09. The second-order valence-corrected chi connectivity index (χ2v) is 7.88. The number of aliphatic hydroxyl groups excluding tert-OH is 4. The fraction of sp³-hybridized carbons (Fsp3) is 0.905. The van der Waals surface area contributed by atoms with Crippen molar-refractivity contribution in [2.24, 2.45) is 9.98 Å². The Morgan fingerprint density at radius 3 is 1.39 bits per heavy atom. The first-order valence-corrected chi connectivity index (χ1v) is 11.0. The smallest absolute Gasteiger partial charge is 0.182 e. The van der Waals surface area contributed by atoms with Crippen molar-refractivity contribution >= 4 is 12.4 Å². The Morgan fingerprint density at radius 1 is 0.697 bits per heavy atom. The van der Waals surface area contributed by atoms with E-state index in [1.807, 2.05) is 0 Å².